The van der Waals surface area contributed by atoms with Gasteiger partial charge in [0.25, 0.3) is 5.91 Å². The van der Waals surface area contributed by atoms with Crippen LogP contribution in [0.4, 0.5) is 4.39 Å². The van der Waals surface area contributed by atoms with Crippen molar-refractivity contribution in [3.05, 3.63) is 35.1 Å². The molecule has 1 amide bonds. The molecule has 2 atom stereocenters. The minimum atomic E-state index is -0.364. The summed E-state index contributed by atoms with van der Waals surface area (Å²) in [5.41, 5.74) is 1.29. The highest BCUT2D eigenvalue weighted by Crippen LogP contribution is 2.65. The number of aryl methyl sites for hydroxylation is 1. The Labute approximate surface area is 173 Å². The molecule has 4 saturated carbocycles. The number of rotatable bonds is 6. The Hall–Kier alpha value is -1.43. The summed E-state index contributed by atoms with van der Waals surface area (Å²) in [6, 6.07) is 4.86. The van der Waals surface area contributed by atoms with Gasteiger partial charge in [0.2, 0.25) is 0 Å². The summed E-state index contributed by atoms with van der Waals surface area (Å²) >= 11 is 3.95. The second-order valence-electron chi connectivity index (χ2n) is 9.31. The quantitative estimate of drug-likeness (QED) is 0.514. The van der Waals surface area contributed by atoms with Gasteiger partial charge in [0, 0.05) is 10.9 Å². The Bertz CT molecular complexity index is 782. The van der Waals surface area contributed by atoms with E-state index in [2.05, 4.69) is 21.2 Å². The molecule has 0 radical (unpaired) electrons. The lowest BCUT2D eigenvalue weighted by molar-refractivity contribution is -0.154. The van der Waals surface area contributed by atoms with Gasteiger partial charge in [-0.05, 0) is 79.9 Å². The zero-order chi connectivity index (χ0) is 19.9. The van der Waals surface area contributed by atoms with E-state index in [9.17, 15) is 14.0 Å². The second kappa shape index (κ2) is 7.43. The van der Waals surface area contributed by atoms with Gasteiger partial charge in [-0.1, -0.05) is 28.1 Å². The number of carbonyl (C=O) groups excluding carboxylic acids is 2. The van der Waals surface area contributed by atoms with Crippen molar-refractivity contribution in [2.75, 3.05) is 6.61 Å². The third-order valence-corrected chi connectivity index (χ3v) is 7.65. The van der Waals surface area contributed by atoms with Crippen LogP contribution in [0.15, 0.2) is 18.2 Å². The van der Waals surface area contributed by atoms with Crippen LogP contribution in [0.3, 0.4) is 0 Å². The van der Waals surface area contributed by atoms with E-state index >= 15 is 0 Å². The fraction of sp³-hybridized carbons (Fsp3) is 0.636. The van der Waals surface area contributed by atoms with Gasteiger partial charge in [0.1, 0.15) is 5.82 Å². The Morgan fingerprint density at radius 1 is 1.25 bits per heavy atom. The third-order valence-electron chi connectivity index (χ3n) is 6.72. The molecule has 0 saturated heterocycles. The van der Waals surface area contributed by atoms with Gasteiger partial charge >= 0.3 is 5.97 Å². The molecule has 28 heavy (non-hydrogen) atoms. The monoisotopic (exact) mass is 451 g/mol. The second-order valence-corrected chi connectivity index (χ2v) is 11.0. The number of carbonyl (C=O) groups is 2. The van der Waals surface area contributed by atoms with Crippen molar-refractivity contribution in [3.8, 4) is 0 Å². The Balaban J connectivity index is 1.24. The summed E-state index contributed by atoms with van der Waals surface area (Å²) in [6.45, 7) is 1.63. The molecule has 4 aliphatic carbocycles. The van der Waals surface area contributed by atoms with Crippen LogP contribution in [0.1, 0.15) is 56.1 Å². The van der Waals surface area contributed by atoms with Crippen molar-refractivity contribution in [2.45, 2.75) is 62.7 Å². The summed E-state index contributed by atoms with van der Waals surface area (Å²) in [7, 11) is 0. The number of alkyl halides is 1. The molecule has 0 aromatic heterocycles. The van der Waals surface area contributed by atoms with E-state index < -0.39 is 0 Å². The van der Waals surface area contributed by atoms with E-state index in [1.54, 1.807) is 19.1 Å². The first-order valence-corrected chi connectivity index (χ1v) is 10.9. The van der Waals surface area contributed by atoms with Crippen molar-refractivity contribution in [1.82, 2.24) is 5.32 Å². The van der Waals surface area contributed by atoms with Gasteiger partial charge in [-0.3, -0.25) is 9.59 Å². The number of ether oxygens (including phenoxy) is 1. The first-order chi connectivity index (χ1) is 13.2. The maximum absolute atomic E-state index is 13.6. The summed E-state index contributed by atoms with van der Waals surface area (Å²) in [5, 5.41) is 2.68. The summed E-state index contributed by atoms with van der Waals surface area (Å²) in [5.74, 6) is 0.489. The fourth-order valence-electron chi connectivity index (χ4n) is 6.04. The van der Waals surface area contributed by atoms with E-state index in [0.717, 1.165) is 19.3 Å². The highest BCUT2D eigenvalue weighted by Gasteiger charge is 2.57. The van der Waals surface area contributed by atoms with Crippen molar-refractivity contribution >= 4 is 27.8 Å². The summed E-state index contributed by atoms with van der Waals surface area (Å²) in [6.07, 6.45) is 7.40. The first kappa shape index (κ1) is 19.9. The van der Waals surface area contributed by atoms with Crippen LogP contribution in [-0.4, -0.2) is 22.8 Å². The number of hydrogen-bond acceptors (Lipinski definition) is 3. The largest absolute Gasteiger partial charge is 0.456 e. The normalized spacial score (nSPS) is 33.0. The molecule has 5 rings (SSSR count). The number of nitrogens with one attached hydrogen (secondary N) is 1. The van der Waals surface area contributed by atoms with Crippen molar-refractivity contribution in [2.24, 2.45) is 17.3 Å². The topological polar surface area (TPSA) is 55.4 Å². The van der Waals surface area contributed by atoms with Gasteiger partial charge in [0.05, 0.1) is 6.42 Å². The average Bonchev–Trinajstić information content (AvgIpc) is 2.58. The molecular formula is C22H27BrFNO3. The molecule has 0 spiro atoms. The first-order valence-electron chi connectivity index (χ1n) is 10.1. The molecule has 0 aliphatic heterocycles. The fourth-order valence-corrected chi connectivity index (χ4v) is 7.55. The van der Waals surface area contributed by atoms with Crippen LogP contribution in [0.2, 0.25) is 0 Å². The van der Waals surface area contributed by atoms with E-state index in [1.807, 2.05) is 0 Å². The standard InChI is InChI=1S/C22H27BrFNO3/c1-14-2-3-15(5-18(14)24)11-25-19(26)12-28-20(27)10-21-6-16-4-17(7-21)9-22(23,8-16)13-21/h2-3,5,16-17H,4,6-13H2,1H3,(H,25,26). The van der Waals surface area contributed by atoms with Crippen LogP contribution in [-0.2, 0) is 20.9 Å². The van der Waals surface area contributed by atoms with Crippen LogP contribution in [0, 0.1) is 30.0 Å². The number of esters is 1. The van der Waals surface area contributed by atoms with Gasteiger partial charge in [-0.2, -0.15) is 0 Å². The zero-order valence-electron chi connectivity index (χ0n) is 16.2. The lowest BCUT2D eigenvalue weighted by atomic mass is 9.49. The molecule has 4 nitrogen and oxygen atoms in total. The number of hydrogen-bond donors (Lipinski definition) is 1. The number of amides is 1. The molecule has 1 N–H and O–H groups in total. The van der Waals surface area contributed by atoms with Crippen LogP contribution >= 0.6 is 15.9 Å². The minimum absolute atomic E-state index is 0.0422. The molecule has 1 aromatic carbocycles. The van der Waals surface area contributed by atoms with Gasteiger partial charge in [-0.15, -0.1) is 0 Å². The smallest absolute Gasteiger partial charge is 0.306 e. The van der Waals surface area contributed by atoms with E-state index in [-0.39, 0.29) is 40.6 Å². The molecule has 2 unspecified atom stereocenters. The zero-order valence-corrected chi connectivity index (χ0v) is 17.8. The van der Waals surface area contributed by atoms with E-state index in [1.165, 1.54) is 25.3 Å². The van der Waals surface area contributed by atoms with Gasteiger partial charge in [0.15, 0.2) is 6.61 Å². The predicted octanol–water partition coefficient (Wildman–Crippen LogP) is 4.42. The molecule has 4 aliphatic rings. The lowest BCUT2D eigenvalue weighted by Gasteiger charge is -2.60. The van der Waals surface area contributed by atoms with Crippen molar-refractivity contribution in [3.63, 3.8) is 0 Å². The molecular weight excluding hydrogens is 425 g/mol. The Morgan fingerprint density at radius 3 is 2.61 bits per heavy atom. The van der Waals surface area contributed by atoms with Gasteiger partial charge < -0.3 is 10.1 Å². The maximum atomic E-state index is 13.6. The number of benzene rings is 1. The van der Waals surface area contributed by atoms with Crippen LogP contribution in [0.25, 0.3) is 0 Å². The van der Waals surface area contributed by atoms with Crippen LogP contribution < -0.4 is 5.32 Å². The predicted molar refractivity (Wildman–Crippen MR) is 107 cm³/mol. The van der Waals surface area contributed by atoms with Crippen molar-refractivity contribution < 1.29 is 18.7 Å². The highest BCUT2D eigenvalue weighted by atomic mass is 79.9. The molecule has 1 aromatic rings. The SMILES string of the molecule is Cc1ccc(CNC(=O)COC(=O)CC23CC4CC(CC(Br)(C4)C2)C3)cc1F. The molecule has 6 heteroatoms. The molecule has 152 valence electrons. The molecule has 0 heterocycles. The Kier molecular flexibility index (Phi) is 5.27. The van der Waals surface area contributed by atoms with Crippen LogP contribution in [0.5, 0.6) is 0 Å². The summed E-state index contributed by atoms with van der Waals surface area (Å²) < 4.78 is 19.0. The molecule has 4 bridgehead atoms. The van der Waals surface area contributed by atoms with E-state index in [0.29, 0.717) is 29.4 Å². The maximum Gasteiger partial charge on any atom is 0.306 e. The lowest BCUT2D eigenvalue weighted by Crippen LogP contribution is -2.53. The highest BCUT2D eigenvalue weighted by molar-refractivity contribution is 9.10. The van der Waals surface area contributed by atoms with Crippen molar-refractivity contribution in [1.29, 1.82) is 0 Å². The summed E-state index contributed by atoms with van der Waals surface area (Å²) in [4.78, 5) is 24.4. The number of halogens is 2. The minimum Gasteiger partial charge on any atom is -0.456 e. The third kappa shape index (κ3) is 4.27. The van der Waals surface area contributed by atoms with Gasteiger partial charge in [-0.25, -0.2) is 4.39 Å². The average molecular weight is 452 g/mol. The molecule has 4 fully saturated rings. The Morgan fingerprint density at radius 2 is 1.96 bits per heavy atom. The van der Waals surface area contributed by atoms with E-state index in [4.69, 9.17) is 4.74 Å².